The minimum Gasteiger partial charge on any atom is -0.495 e. The van der Waals surface area contributed by atoms with E-state index in [1.54, 1.807) is 6.07 Å². The van der Waals surface area contributed by atoms with Crippen LogP contribution in [0.15, 0.2) is 53.4 Å². The standard InChI is InChI=1S/C23H33N3O4S/c1-6-26(7-2)20(15-18-11-9-8-10-12-18)17-24-23(27)19-13-14-21(30-5)22(16-19)31(28,29)25(3)4/h8-14,16,20H,6-7,15,17H2,1-5H3,(H,24,27). The molecule has 0 aliphatic rings. The third-order valence-corrected chi connectivity index (χ3v) is 7.16. The molecule has 2 rings (SSSR count). The highest BCUT2D eigenvalue weighted by Crippen LogP contribution is 2.27. The van der Waals surface area contributed by atoms with Crippen LogP contribution in [0.25, 0.3) is 0 Å². The van der Waals surface area contributed by atoms with Gasteiger partial charge in [-0.2, -0.15) is 0 Å². The molecule has 0 aliphatic carbocycles. The van der Waals surface area contributed by atoms with E-state index in [4.69, 9.17) is 4.74 Å². The smallest absolute Gasteiger partial charge is 0.251 e. The monoisotopic (exact) mass is 447 g/mol. The summed E-state index contributed by atoms with van der Waals surface area (Å²) in [5.74, 6) is -0.113. The first-order chi connectivity index (χ1) is 14.7. The maximum absolute atomic E-state index is 12.9. The lowest BCUT2D eigenvalue weighted by Crippen LogP contribution is -2.45. The number of ether oxygens (including phenoxy) is 1. The van der Waals surface area contributed by atoms with Crippen molar-refractivity contribution in [1.82, 2.24) is 14.5 Å². The molecule has 1 N–H and O–H groups in total. The molecule has 0 fully saturated rings. The largest absolute Gasteiger partial charge is 0.495 e. The Bertz CT molecular complexity index is 958. The van der Waals surface area contributed by atoms with Crippen molar-refractivity contribution in [2.24, 2.45) is 0 Å². The average Bonchev–Trinajstić information content (AvgIpc) is 2.77. The number of carbonyl (C=O) groups is 1. The minimum atomic E-state index is -3.75. The second kappa shape index (κ2) is 11.3. The fourth-order valence-corrected chi connectivity index (χ4v) is 4.56. The van der Waals surface area contributed by atoms with Crippen LogP contribution in [-0.2, 0) is 16.4 Å². The lowest BCUT2D eigenvalue weighted by molar-refractivity contribution is 0.0934. The molecule has 0 aliphatic heterocycles. The first-order valence-electron chi connectivity index (χ1n) is 10.4. The lowest BCUT2D eigenvalue weighted by Gasteiger charge is -2.30. The summed E-state index contributed by atoms with van der Waals surface area (Å²) in [6.45, 7) is 6.41. The molecule has 0 spiro atoms. The third-order valence-electron chi connectivity index (χ3n) is 5.33. The molecular weight excluding hydrogens is 414 g/mol. The van der Waals surface area contributed by atoms with Crippen molar-refractivity contribution >= 4 is 15.9 Å². The fourth-order valence-electron chi connectivity index (χ4n) is 3.49. The molecule has 0 saturated heterocycles. The van der Waals surface area contributed by atoms with Gasteiger partial charge in [0.15, 0.2) is 0 Å². The molecular formula is C23H33N3O4S. The van der Waals surface area contributed by atoms with E-state index in [0.717, 1.165) is 23.8 Å². The molecule has 1 amide bonds. The van der Waals surface area contributed by atoms with E-state index in [1.165, 1.54) is 38.9 Å². The van der Waals surface area contributed by atoms with Crippen LogP contribution in [0.2, 0.25) is 0 Å². The van der Waals surface area contributed by atoms with E-state index in [2.05, 4.69) is 36.2 Å². The van der Waals surface area contributed by atoms with Gasteiger partial charge in [0.2, 0.25) is 10.0 Å². The molecule has 31 heavy (non-hydrogen) atoms. The van der Waals surface area contributed by atoms with E-state index in [9.17, 15) is 13.2 Å². The number of nitrogens with one attached hydrogen (secondary N) is 1. The van der Waals surface area contributed by atoms with Gasteiger partial charge in [-0.05, 0) is 43.3 Å². The predicted octanol–water partition coefficient (Wildman–Crippen LogP) is 2.63. The highest BCUT2D eigenvalue weighted by molar-refractivity contribution is 7.89. The summed E-state index contributed by atoms with van der Waals surface area (Å²) in [4.78, 5) is 15.1. The number of carbonyl (C=O) groups excluding carboxylic acids is 1. The van der Waals surface area contributed by atoms with Gasteiger partial charge in [0.25, 0.3) is 5.91 Å². The predicted molar refractivity (Wildman–Crippen MR) is 123 cm³/mol. The van der Waals surface area contributed by atoms with E-state index in [0.29, 0.717) is 6.54 Å². The van der Waals surface area contributed by atoms with Crippen molar-refractivity contribution in [3.63, 3.8) is 0 Å². The number of hydrogen-bond donors (Lipinski definition) is 1. The first kappa shape index (κ1) is 24.8. The Labute approximate surface area is 186 Å². The van der Waals surface area contributed by atoms with E-state index < -0.39 is 10.0 Å². The van der Waals surface area contributed by atoms with Crippen LogP contribution in [0.1, 0.15) is 29.8 Å². The Morgan fingerprint density at radius 1 is 1.06 bits per heavy atom. The summed E-state index contributed by atoms with van der Waals surface area (Å²) in [6, 6.07) is 14.8. The van der Waals surface area contributed by atoms with Crippen molar-refractivity contribution in [1.29, 1.82) is 0 Å². The maximum Gasteiger partial charge on any atom is 0.251 e. The number of amides is 1. The van der Waals surface area contributed by atoms with Crippen molar-refractivity contribution in [2.45, 2.75) is 31.2 Å². The Balaban J connectivity index is 2.22. The van der Waals surface area contributed by atoms with Crippen LogP contribution >= 0.6 is 0 Å². The molecule has 0 heterocycles. The highest BCUT2D eigenvalue weighted by Gasteiger charge is 2.24. The van der Waals surface area contributed by atoms with Gasteiger partial charge in [-0.1, -0.05) is 44.2 Å². The zero-order chi connectivity index (χ0) is 23.0. The molecule has 2 aromatic carbocycles. The summed E-state index contributed by atoms with van der Waals surface area (Å²) in [5.41, 5.74) is 1.48. The van der Waals surface area contributed by atoms with Crippen LogP contribution in [-0.4, -0.2) is 70.4 Å². The van der Waals surface area contributed by atoms with Gasteiger partial charge in [0.1, 0.15) is 10.6 Å². The van der Waals surface area contributed by atoms with Crippen LogP contribution in [0.4, 0.5) is 0 Å². The Morgan fingerprint density at radius 3 is 2.26 bits per heavy atom. The van der Waals surface area contributed by atoms with E-state index in [-0.39, 0.29) is 28.2 Å². The van der Waals surface area contributed by atoms with E-state index in [1.807, 2.05) is 18.2 Å². The van der Waals surface area contributed by atoms with Gasteiger partial charge in [-0.25, -0.2) is 12.7 Å². The van der Waals surface area contributed by atoms with Gasteiger partial charge in [0, 0.05) is 32.2 Å². The van der Waals surface area contributed by atoms with Crippen molar-refractivity contribution < 1.29 is 17.9 Å². The maximum atomic E-state index is 12.9. The van der Waals surface area contributed by atoms with Crippen LogP contribution in [0, 0.1) is 0 Å². The number of likely N-dealkylation sites (N-methyl/N-ethyl adjacent to an activating group) is 1. The molecule has 1 atom stereocenters. The number of benzene rings is 2. The molecule has 1 unspecified atom stereocenters. The Kier molecular flexibility index (Phi) is 9.03. The number of methoxy groups -OCH3 is 1. The number of nitrogens with zero attached hydrogens (tertiary/aromatic N) is 2. The Morgan fingerprint density at radius 2 is 1.71 bits per heavy atom. The number of sulfonamides is 1. The molecule has 7 nitrogen and oxygen atoms in total. The topological polar surface area (TPSA) is 79.0 Å². The van der Waals surface area contributed by atoms with Gasteiger partial charge >= 0.3 is 0 Å². The molecule has 0 radical (unpaired) electrons. The summed E-state index contributed by atoms with van der Waals surface area (Å²) < 4.78 is 31.6. The molecule has 170 valence electrons. The van der Waals surface area contributed by atoms with Gasteiger partial charge in [0.05, 0.1) is 7.11 Å². The zero-order valence-corrected chi connectivity index (χ0v) is 19.8. The molecule has 2 aromatic rings. The zero-order valence-electron chi connectivity index (χ0n) is 19.0. The van der Waals surface area contributed by atoms with Crippen molar-refractivity contribution in [3.8, 4) is 5.75 Å². The molecule has 0 saturated carbocycles. The quantitative estimate of drug-likeness (QED) is 0.573. The van der Waals surface area contributed by atoms with Crippen LogP contribution < -0.4 is 10.1 Å². The average molecular weight is 448 g/mol. The summed E-state index contributed by atoms with van der Waals surface area (Å²) in [6.07, 6.45) is 0.811. The summed E-state index contributed by atoms with van der Waals surface area (Å²) in [5, 5.41) is 2.98. The molecule has 0 aromatic heterocycles. The molecule has 0 bridgehead atoms. The second-order valence-corrected chi connectivity index (χ2v) is 9.55. The van der Waals surface area contributed by atoms with Gasteiger partial charge in [-0.3, -0.25) is 9.69 Å². The number of hydrogen-bond acceptors (Lipinski definition) is 5. The second-order valence-electron chi connectivity index (χ2n) is 7.43. The van der Waals surface area contributed by atoms with Gasteiger partial charge in [-0.15, -0.1) is 0 Å². The van der Waals surface area contributed by atoms with Crippen LogP contribution in [0.3, 0.4) is 0 Å². The third kappa shape index (κ3) is 6.29. The van der Waals surface area contributed by atoms with Crippen LogP contribution in [0.5, 0.6) is 5.75 Å². The first-order valence-corrected chi connectivity index (χ1v) is 11.8. The SMILES string of the molecule is CCN(CC)C(CNC(=O)c1ccc(OC)c(S(=O)(=O)N(C)C)c1)Cc1ccccc1. The normalized spacial score (nSPS) is 12.7. The fraction of sp³-hybridized carbons (Fsp3) is 0.435. The Hall–Kier alpha value is -2.42. The summed E-state index contributed by atoms with van der Waals surface area (Å²) in [7, 11) is 0.544. The lowest BCUT2D eigenvalue weighted by atomic mass is 10.0. The van der Waals surface area contributed by atoms with Crippen molar-refractivity contribution in [3.05, 3.63) is 59.7 Å². The van der Waals surface area contributed by atoms with Gasteiger partial charge < -0.3 is 10.1 Å². The minimum absolute atomic E-state index is 0.0303. The number of rotatable bonds is 11. The van der Waals surface area contributed by atoms with E-state index >= 15 is 0 Å². The highest BCUT2D eigenvalue weighted by atomic mass is 32.2. The molecule has 8 heteroatoms. The summed E-state index contributed by atoms with van der Waals surface area (Å²) >= 11 is 0. The van der Waals surface area contributed by atoms with Crippen molar-refractivity contribution in [2.75, 3.05) is 40.8 Å².